The third-order valence-corrected chi connectivity index (χ3v) is 3.66. The summed E-state index contributed by atoms with van der Waals surface area (Å²) in [7, 11) is 0. The molecule has 0 aromatic heterocycles. The Morgan fingerprint density at radius 1 is 1.11 bits per heavy atom. The summed E-state index contributed by atoms with van der Waals surface area (Å²) in [5.74, 6) is 0.218. The average Bonchev–Trinajstić information content (AvgIpc) is 2.39. The van der Waals surface area contributed by atoms with E-state index in [4.69, 9.17) is 0 Å². The van der Waals surface area contributed by atoms with E-state index in [1.54, 1.807) is 0 Å². The van der Waals surface area contributed by atoms with Crippen LogP contribution in [0.25, 0.3) is 5.57 Å². The Hall–Kier alpha value is -1.89. The fourth-order valence-corrected chi connectivity index (χ4v) is 2.88. The lowest BCUT2D eigenvalue weighted by Gasteiger charge is -2.26. The first-order valence-electron chi connectivity index (χ1n) is 6.42. The lowest BCUT2D eigenvalue weighted by molar-refractivity contribution is 0.102. The van der Waals surface area contributed by atoms with Gasteiger partial charge >= 0.3 is 0 Å². The van der Waals surface area contributed by atoms with Crippen LogP contribution >= 0.6 is 0 Å². The van der Waals surface area contributed by atoms with E-state index in [1.807, 2.05) is 18.2 Å². The van der Waals surface area contributed by atoms with Crippen LogP contribution in [0.15, 0.2) is 53.1 Å². The number of Topliss-reactive ketones (excluding diaryl/α,β-unsaturated/α-hetero) is 1. The Balaban J connectivity index is 2.35. The number of benzene rings is 1. The van der Waals surface area contributed by atoms with Crippen molar-refractivity contribution in [2.45, 2.75) is 26.7 Å². The van der Waals surface area contributed by atoms with Crippen LogP contribution in [0.1, 0.15) is 42.6 Å². The first-order chi connectivity index (χ1) is 8.70. The van der Waals surface area contributed by atoms with Crippen molar-refractivity contribution in [1.82, 2.24) is 0 Å². The maximum absolute atomic E-state index is 12.5. The molecule has 1 nitrogen and oxygen atoms in total. The molecule has 1 aromatic carbocycles. The van der Waals surface area contributed by atoms with Crippen molar-refractivity contribution < 1.29 is 4.79 Å². The van der Waals surface area contributed by atoms with E-state index in [-0.39, 0.29) is 5.78 Å². The van der Waals surface area contributed by atoms with Crippen molar-refractivity contribution in [2.24, 2.45) is 0 Å². The summed E-state index contributed by atoms with van der Waals surface area (Å²) in [6.07, 6.45) is 6.14. The number of rotatable bonds is 0. The Bertz CT molecular complexity index is 623. The topological polar surface area (TPSA) is 17.1 Å². The molecule has 0 radical (unpaired) electrons. The molecule has 0 amide bonds. The fraction of sp³-hybridized carbons (Fsp3) is 0.235. The second kappa shape index (κ2) is 4.09. The molecule has 0 bridgehead atoms. The highest BCUT2D eigenvalue weighted by Crippen LogP contribution is 2.40. The number of fused-ring (bicyclic) bond motifs is 1. The number of hydrogen-bond acceptors (Lipinski definition) is 1. The molecular formula is C17H16O. The molecule has 90 valence electrons. The minimum absolute atomic E-state index is 0.218. The van der Waals surface area contributed by atoms with Gasteiger partial charge in [0.2, 0.25) is 0 Å². The molecule has 1 aromatic rings. The van der Waals surface area contributed by atoms with Crippen molar-refractivity contribution >= 4 is 11.4 Å². The van der Waals surface area contributed by atoms with Crippen LogP contribution in [0.3, 0.4) is 0 Å². The van der Waals surface area contributed by atoms with Gasteiger partial charge in [0.05, 0.1) is 0 Å². The molecule has 0 N–H and O–H groups in total. The summed E-state index contributed by atoms with van der Waals surface area (Å²) >= 11 is 0. The molecule has 0 spiro atoms. The lowest BCUT2D eigenvalue weighted by atomic mass is 9.76. The van der Waals surface area contributed by atoms with Gasteiger partial charge in [0.25, 0.3) is 0 Å². The Morgan fingerprint density at radius 3 is 2.56 bits per heavy atom. The monoisotopic (exact) mass is 236 g/mol. The minimum atomic E-state index is 0.218. The van der Waals surface area contributed by atoms with Crippen molar-refractivity contribution in [3.63, 3.8) is 0 Å². The van der Waals surface area contributed by atoms with Crippen LogP contribution in [-0.4, -0.2) is 5.78 Å². The second-order valence-electron chi connectivity index (χ2n) is 5.08. The van der Waals surface area contributed by atoms with Crippen LogP contribution in [-0.2, 0) is 0 Å². The van der Waals surface area contributed by atoms with E-state index in [0.717, 1.165) is 35.1 Å². The number of hydrogen-bond donors (Lipinski definition) is 0. The highest BCUT2D eigenvalue weighted by atomic mass is 16.1. The lowest BCUT2D eigenvalue weighted by Crippen LogP contribution is -2.17. The molecule has 2 aliphatic carbocycles. The second-order valence-corrected chi connectivity index (χ2v) is 5.08. The number of carbonyl (C=O) groups excluding carboxylic acids is 1. The normalized spacial score (nSPS) is 17.7. The Labute approximate surface area is 108 Å². The average molecular weight is 236 g/mol. The predicted octanol–water partition coefficient (Wildman–Crippen LogP) is 4.32. The zero-order valence-electron chi connectivity index (χ0n) is 10.8. The number of allylic oxidation sites excluding steroid dienone is 6. The van der Waals surface area contributed by atoms with Gasteiger partial charge < -0.3 is 0 Å². The molecule has 1 heteroatoms. The van der Waals surface area contributed by atoms with Gasteiger partial charge in [0.1, 0.15) is 0 Å². The minimum Gasteiger partial charge on any atom is -0.289 e. The van der Waals surface area contributed by atoms with E-state index < -0.39 is 0 Å². The largest absolute Gasteiger partial charge is 0.289 e. The smallest absolute Gasteiger partial charge is 0.190 e. The Morgan fingerprint density at radius 2 is 1.83 bits per heavy atom. The van der Waals surface area contributed by atoms with Gasteiger partial charge in [-0.25, -0.2) is 0 Å². The van der Waals surface area contributed by atoms with Crippen LogP contribution in [0.5, 0.6) is 0 Å². The number of ketones is 1. The summed E-state index contributed by atoms with van der Waals surface area (Å²) < 4.78 is 0. The van der Waals surface area contributed by atoms with Gasteiger partial charge in [-0.3, -0.25) is 4.79 Å². The van der Waals surface area contributed by atoms with Crippen LogP contribution in [0.4, 0.5) is 0 Å². The number of carbonyl (C=O) groups is 1. The molecule has 3 rings (SSSR count). The summed E-state index contributed by atoms with van der Waals surface area (Å²) in [5.41, 5.74) is 6.61. The van der Waals surface area contributed by atoms with Gasteiger partial charge in [-0.05, 0) is 43.4 Å². The van der Waals surface area contributed by atoms with Gasteiger partial charge in [-0.2, -0.15) is 0 Å². The zero-order valence-corrected chi connectivity index (χ0v) is 10.8. The van der Waals surface area contributed by atoms with Crippen molar-refractivity contribution in [2.75, 3.05) is 0 Å². The molecule has 0 saturated heterocycles. The maximum Gasteiger partial charge on any atom is 0.190 e. The molecule has 18 heavy (non-hydrogen) atoms. The predicted molar refractivity (Wildman–Crippen MR) is 74.4 cm³/mol. The molecule has 0 unspecified atom stereocenters. The van der Waals surface area contributed by atoms with Crippen LogP contribution < -0.4 is 0 Å². The van der Waals surface area contributed by atoms with E-state index in [0.29, 0.717) is 0 Å². The first-order valence-corrected chi connectivity index (χ1v) is 6.42. The highest BCUT2D eigenvalue weighted by molar-refractivity contribution is 6.18. The van der Waals surface area contributed by atoms with Gasteiger partial charge in [0, 0.05) is 11.1 Å². The van der Waals surface area contributed by atoms with Crippen molar-refractivity contribution in [3.8, 4) is 0 Å². The first kappa shape index (κ1) is 11.2. The molecular weight excluding hydrogens is 220 g/mol. The van der Waals surface area contributed by atoms with Gasteiger partial charge in [-0.15, -0.1) is 0 Å². The van der Waals surface area contributed by atoms with E-state index in [9.17, 15) is 4.79 Å². The maximum atomic E-state index is 12.5. The van der Waals surface area contributed by atoms with E-state index in [1.165, 1.54) is 11.1 Å². The summed E-state index contributed by atoms with van der Waals surface area (Å²) in [6, 6.07) is 7.96. The third-order valence-electron chi connectivity index (χ3n) is 3.66. The van der Waals surface area contributed by atoms with Crippen molar-refractivity contribution in [3.05, 3.63) is 64.3 Å². The molecule has 0 atom stereocenters. The molecule has 2 aliphatic rings. The summed E-state index contributed by atoms with van der Waals surface area (Å²) in [6.45, 7) is 4.24. The SMILES string of the molecule is CC(C)=C1C2=C(CCC=C2)C(=O)c2ccccc21. The molecule has 0 aliphatic heterocycles. The summed E-state index contributed by atoms with van der Waals surface area (Å²) in [4.78, 5) is 12.5. The Kier molecular flexibility index (Phi) is 2.55. The molecule has 0 fully saturated rings. The molecule has 0 heterocycles. The van der Waals surface area contributed by atoms with Crippen LogP contribution in [0, 0.1) is 0 Å². The van der Waals surface area contributed by atoms with Gasteiger partial charge in [-0.1, -0.05) is 42.0 Å². The quantitative estimate of drug-likeness (QED) is 0.655. The van der Waals surface area contributed by atoms with Crippen molar-refractivity contribution in [1.29, 1.82) is 0 Å². The molecule has 0 saturated carbocycles. The van der Waals surface area contributed by atoms with E-state index in [2.05, 4.69) is 32.1 Å². The zero-order chi connectivity index (χ0) is 12.7. The van der Waals surface area contributed by atoms with E-state index >= 15 is 0 Å². The third kappa shape index (κ3) is 1.51. The fourth-order valence-electron chi connectivity index (χ4n) is 2.88. The highest BCUT2D eigenvalue weighted by Gasteiger charge is 2.29. The summed E-state index contributed by atoms with van der Waals surface area (Å²) in [5, 5.41) is 0. The van der Waals surface area contributed by atoms with Crippen LogP contribution in [0.2, 0.25) is 0 Å². The van der Waals surface area contributed by atoms with Gasteiger partial charge in [0.15, 0.2) is 5.78 Å². The standard InChI is InChI=1S/C17H16O/c1-11(2)16-12-7-3-5-9-14(12)17(18)15-10-6-4-8-13(15)16/h3-5,7-9H,6,10H2,1-2H3.